The zero-order chi connectivity index (χ0) is 20.9. The first-order valence-electron chi connectivity index (χ1n) is 9.75. The summed E-state index contributed by atoms with van der Waals surface area (Å²) in [5.74, 6) is -0.470. The second-order valence-corrected chi connectivity index (χ2v) is 9.15. The fourth-order valence-electron chi connectivity index (χ4n) is 3.49. The number of hydrogen-bond donors (Lipinski definition) is 2. The van der Waals surface area contributed by atoms with Crippen molar-refractivity contribution in [3.63, 3.8) is 0 Å². The highest BCUT2D eigenvalue weighted by Crippen LogP contribution is 2.27. The van der Waals surface area contributed by atoms with E-state index in [4.69, 9.17) is 0 Å². The van der Waals surface area contributed by atoms with Crippen LogP contribution >= 0.6 is 0 Å². The van der Waals surface area contributed by atoms with Crippen LogP contribution in [0.3, 0.4) is 0 Å². The predicted molar refractivity (Wildman–Crippen MR) is 111 cm³/mol. The Bertz CT molecular complexity index is 931. The third-order valence-corrected chi connectivity index (χ3v) is 7.03. The van der Waals surface area contributed by atoms with Crippen LogP contribution in [0.1, 0.15) is 31.2 Å². The number of hydrogen-bond acceptors (Lipinski definition) is 3. The van der Waals surface area contributed by atoms with E-state index in [0.29, 0.717) is 25.2 Å². The number of halogens is 1. The van der Waals surface area contributed by atoms with Crippen LogP contribution in [0.5, 0.6) is 0 Å². The molecule has 29 heavy (non-hydrogen) atoms. The van der Waals surface area contributed by atoms with Gasteiger partial charge in [0.25, 0.3) is 0 Å². The van der Waals surface area contributed by atoms with Gasteiger partial charge in [-0.25, -0.2) is 17.6 Å². The molecule has 0 saturated carbocycles. The van der Waals surface area contributed by atoms with E-state index in [1.165, 1.54) is 16.4 Å². The number of nitrogens with zero attached hydrogens (tertiary/aromatic N) is 1. The van der Waals surface area contributed by atoms with Crippen molar-refractivity contribution < 1.29 is 17.6 Å². The Hall–Kier alpha value is -2.45. The van der Waals surface area contributed by atoms with Gasteiger partial charge in [-0.3, -0.25) is 0 Å². The number of aryl methyl sites for hydroxylation is 1. The Morgan fingerprint density at radius 2 is 1.79 bits per heavy atom. The zero-order valence-electron chi connectivity index (χ0n) is 16.4. The van der Waals surface area contributed by atoms with E-state index in [1.807, 2.05) is 31.2 Å². The molecule has 0 spiro atoms. The lowest BCUT2D eigenvalue weighted by Gasteiger charge is -2.34. The summed E-state index contributed by atoms with van der Waals surface area (Å²) in [5, 5.41) is 5.55. The number of benzene rings is 2. The molecule has 0 unspecified atom stereocenters. The van der Waals surface area contributed by atoms with Gasteiger partial charge in [0, 0.05) is 24.8 Å². The van der Waals surface area contributed by atoms with Crippen LogP contribution in [0, 0.1) is 12.7 Å². The number of amides is 2. The van der Waals surface area contributed by atoms with E-state index >= 15 is 0 Å². The molecule has 0 radical (unpaired) electrons. The molecule has 6 nitrogen and oxygen atoms in total. The Labute approximate surface area is 171 Å². The van der Waals surface area contributed by atoms with E-state index in [0.717, 1.165) is 37.0 Å². The van der Waals surface area contributed by atoms with Crippen molar-refractivity contribution in [3.05, 3.63) is 59.9 Å². The minimum atomic E-state index is -3.69. The molecule has 2 amide bonds. The Morgan fingerprint density at radius 1 is 1.10 bits per heavy atom. The largest absolute Gasteiger partial charge is 0.338 e. The van der Waals surface area contributed by atoms with Crippen molar-refractivity contribution >= 4 is 21.7 Å². The number of carbonyl (C=O) groups is 1. The van der Waals surface area contributed by atoms with Crippen LogP contribution in [0.4, 0.5) is 14.9 Å². The third-order valence-electron chi connectivity index (χ3n) is 5.07. The normalized spacial score (nSPS) is 17.7. The molecule has 0 aromatic heterocycles. The molecule has 2 aromatic carbocycles. The van der Waals surface area contributed by atoms with Crippen LogP contribution in [-0.2, 0) is 10.0 Å². The van der Waals surface area contributed by atoms with Crippen molar-refractivity contribution in [1.82, 2.24) is 9.62 Å². The van der Waals surface area contributed by atoms with Crippen LogP contribution in [0.2, 0.25) is 0 Å². The van der Waals surface area contributed by atoms with Gasteiger partial charge in [-0.1, -0.05) is 24.1 Å². The molecule has 1 aliphatic rings. The van der Waals surface area contributed by atoms with Gasteiger partial charge in [0.1, 0.15) is 5.82 Å². The number of piperidine rings is 1. The minimum Gasteiger partial charge on any atom is -0.338 e. The summed E-state index contributed by atoms with van der Waals surface area (Å²) < 4.78 is 40.6. The molecule has 8 heteroatoms. The first-order valence-corrected chi connectivity index (χ1v) is 11.2. The molecule has 2 N–H and O–H groups in total. The molecule has 156 valence electrons. The summed E-state index contributed by atoms with van der Waals surface area (Å²) in [6, 6.07) is 11.9. The Balaban J connectivity index is 1.57. The van der Waals surface area contributed by atoms with Gasteiger partial charge in [0.2, 0.25) is 10.0 Å². The number of carbonyl (C=O) groups excluding carboxylic acids is 1. The topological polar surface area (TPSA) is 78.5 Å². The first kappa shape index (κ1) is 21.3. The maximum Gasteiger partial charge on any atom is 0.319 e. The fourth-order valence-corrected chi connectivity index (χ4v) is 5.21. The number of sulfonamides is 1. The lowest BCUT2D eigenvalue weighted by molar-refractivity contribution is 0.234. The minimum absolute atomic E-state index is 0.0934. The van der Waals surface area contributed by atoms with E-state index in [1.54, 1.807) is 0 Å². The Kier molecular flexibility index (Phi) is 6.87. The fraction of sp³-hybridized carbons (Fsp3) is 0.381. The summed E-state index contributed by atoms with van der Waals surface area (Å²) in [4.78, 5) is 12.2. The molecule has 1 atom stereocenters. The third kappa shape index (κ3) is 5.55. The summed E-state index contributed by atoms with van der Waals surface area (Å²) in [7, 11) is -3.69. The second-order valence-electron chi connectivity index (χ2n) is 7.25. The summed E-state index contributed by atoms with van der Waals surface area (Å²) in [6.07, 6.45) is 2.98. The predicted octanol–water partition coefficient (Wildman–Crippen LogP) is 3.89. The summed E-state index contributed by atoms with van der Waals surface area (Å²) in [5.41, 5.74) is 1.81. The smallest absolute Gasteiger partial charge is 0.319 e. The maximum absolute atomic E-state index is 13.2. The molecule has 1 aliphatic heterocycles. The van der Waals surface area contributed by atoms with Crippen molar-refractivity contribution in [2.45, 2.75) is 43.5 Å². The van der Waals surface area contributed by atoms with Crippen molar-refractivity contribution in [2.24, 2.45) is 0 Å². The van der Waals surface area contributed by atoms with Crippen molar-refractivity contribution in [3.8, 4) is 0 Å². The lowest BCUT2D eigenvalue weighted by Crippen LogP contribution is -2.45. The molecule has 2 aromatic rings. The molecular weight excluding hydrogens is 393 g/mol. The molecule has 3 rings (SSSR count). The van der Waals surface area contributed by atoms with Gasteiger partial charge in [0.05, 0.1) is 4.90 Å². The molecule has 1 heterocycles. The number of nitrogens with one attached hydrogen (secondary N) is 2. The van der Waals surface area contributed by atoms with E-state index in [9.17, 15) is 17.6 Å². The highest BCUT2D eigenvalue weighted by atomic mass is 32.2. The second kappa shape index (κ2) is 9.37. The van der Waals surface area contributed by atoms with Gasteiger partial charge < -0.3 is 10.6 Å². The average Bonchev–Trinajstić information content (AvgIpc) is 2.70. The summed E-state index contributed by atoms with van der Waals surface area (Å²) >= 11 is 0. The molecule has 0 aliphatic carbocycles. The van der Waals surface area contributed by atoms with Gasteiger partial charge in [-0.05, 0) is 62.6 Å². The molecule has 0 bridgehead atoms. The quantitative estimate of drug-likeness (QED) is 0.746. The Morgan fingerprint density at radius 3 is 2.48 bits per heavy atom. The van der Waals surface area contributed by atoms with Crippen molar-refractivity contribution in [2.75, 3.05) is 18.4 Å². The van der Waals surface area contributed by atoms with Gasteiger partial charge >= 0.3 is 6.03 Å². The highest BCUT2D eigenvalue weighted by molar-refractivity contribution is 7.89. The van der Waals surface area contributed by atoms with Crippen LogP contribution in [0.25, 0.3) is 0 Å². The number of rotatable bonds is 6. The summed E-state index contributed by atoms with van der Waals surface area (Å²) in [6.45, 7) is 2.76. The monoisotopic (exact) mass is 419 g/mol. The number of anilines is 1. The van der Waals surface area contributed by atoms with E-state index in [-0.39, 0.29) is 17.0 Å². The lowest BCUT2D eigenvalue weighted by atomic mass is 10.0. The molecular formula is C21H26FN3O3S. The van der Waals surface area contributed by atoms with Gasteiger partial charge in [-0.2, -0.15) is 4.31 Å². The van der Waals surface area contributed by atoms with Gasteiger partial charge in [-0.15, -0.1) is 0 Å². The standard InChI is InChI=1S/C21H26FN3O3S/c1-16-5-9-18(10-6-16)24-21(26)23-14-13-19-4-2-3-15-25(19)29(27,28)20-11-7-17(22)8-12-20/h5-12,19H,2-4,13-15H2,1H3,(H2,23,24,26)/t19-/m1/s1. The average molecular weight is 420 g/mol. The first-order chi connectivity index (χ1) is 13.9. The van der Waals surface area contributed by atoms with Crippen LogP contribution < -0.4 is 10.6 Å². The van der Waals surface area contributed by atoms with Crippen LogP contribution in [-0.4, -0.2) is 37.9 Å². The highest BCUT2D eigenvalue weighted by Gasteiger charge is 2.33. The van der Waals surface area contributed by atoms with Crippen LogP contribution in [0.15, 0.2) is 53.4 Å². The van der Waals surface area contributed by atoms with E-state index < -0.39 is 15.8 Å². The zero-order valence-corrected chi connectivity index (χ0v) is 17.2. The SMILES string of the molecule is Cc1ccc(NC(=O)NCC[C@H]2CCCCN2S(=O)(=O)c2ccc(F)cc2)cc1. The van der Waals surface area contributed by atoms with E-state index in [2.05, 4.69) is 10.6 Å². The molecule has 1 fully saturated rings. The van der Waals surface area contributed by atoms with Gasteiger partial charge in [0.15, 0.2) is 0 Å². The number of urea groups is 1. The maximum atomic E-state index is 13.2. The van der Waals surface area contributed by atoms with Crippen molar-refractivity contribution in [1.29, 1.82) is 0 Å². The molecule has 1 saturated heterocycles.